The molecule has 146 valence electrons. The van der Waals surface area contributed by atoms with Crippen molar-refractivity contribution in [1.29, 1.82) is 0 Å². The van der Waals surface area contributed by atoms with E-state index in [4.69, 9.17) is 0 Å². The Bertz CT molecular complexity index is 984. The maximum atomic E-state index is 12.4. The third-order valence-corrected chi connectivity index (χ3v) is 6.65. The van der Waals surface area contributed by atoms with Crippen molar-refractivity contribution < 1.29 is 4.79 Å². The van der Waals surface area contributed by atoms with Gasteiger partial charge in [-0.2, -0.15) is 0 Å². The number of nitrogens with zero attached hydrogens (tertiary/aromatic N) is 3. The maximum absolute atomic E-state index is 12.4. The Balaban J connectivity index is 1.34. The van der Waals surface area contributed by atoms with Crippen LogP contribution in [0.3, 0.4) is 0 Å². The average Bonchev–Trinajstić information content (AvgIpc) is 3.33. The van der Waals surface area contributed by atoms with Gasteiger partial charge >= 0.3 is 0 Å². The number of rotatable bonds is 6. The van der Waals surface area contributed by atoms with E-state index in [0.717, 1.165) is 53.1 Å². The van der Waals surface area contributed by atoms with E-state index in [1.165, 1.54) is 31.0 Å². The lowest BCUT2D eigenvalue weighted by Gasteiger charge is -2.22. The fraction of sp³-hybridized carbons (Fsp3) is 0.476. The molecule has 0 aliphatic heterocycles. The number of fused-ring (bicyclic) bond motifs is 1. The summed E-state index contributed by atoms with van der Waals surface area (Å²) in [5.41, 5.74) is 2.18. The van der Waals surface area contributed by atoms with Crippen molar-refractivity contribution in [3.63, 3.8) is 0 Å². The zero-order valence-corrected chi connectivity index (χ0v) is 16.7. The number of thioether (sulfide) groups is 1. The summed E-state index contributed by atoms with van der Waals surface area (Å²) in [5, 5.41) is 14.1. The largest absolute Gasteiger partial charge is 0.360 e. The molecule has 7 heteroatoms. The first-order valence-electron chi connectivity index (χ1n) is 10.2. The van der Waals surface area contributed by atoms with Gasteiger partial charge < -0.3 is 10.3 Å². The Morgan fingerprint density at radius 1 is 1.14 bits per heavy atom. The van der Waals surface area contributed by atoms with Crippen molar-refractivity contribution in [3.05, 3.63) is 30.5 Å². The van der Waals surface area contributed by atoms with Crippen LogP contribution in [0.15, 0.2) is 35.6 Å². The minimum Gasteiger partial charge on any atom is -0.360 e. The molecule has 2 fully saturated rings. The summed E-state index contributed by atoms with van der Waals surface area (Å²) in [6.45, 7) is 0. The van der Waals surface area contributed by atoms with Crippen LogP contribution in [0.2, 0.25) is 0 Å². The molecule has 2 aliphatic rings. The predicted molar refractivity (Wildman–Crippen MR) is 111 cm³/mol. The van der Waals surface area contributed by atoms with Crippen LogP contribution in [0.25, 0.3) is 22.3 Å². The van der Waals surface area contributed by atoms with Crippen LogP contribution in [0.4, 0.5) is 0 Å². The molecular weight excluding hydrogens is 370 g/mol. The number of H-pyrrole nitrogens is 1. The van der Waals surface area contributed by atoms with Crippen LogP contribution in [-0.2, 0) is 4.79 Å². The fourth-order valence-corrected chi connectivity index (χ4v) is 4.94. The highest BCUT2D eigenvalue weighted by Crippen LogP contribution is 2.42. The first-order valence-corrected chi connectivity index (χ1v) is 11.2. The van der Waals surface area contributed by atoms with E-state index in [1.807, 2.05) is 18.3 Å². The molecule has 1 amide bonds. The highest BCUT2D eigenvalue weighted by atomic mass is 32.2. The van der Waals surface area contributed by atoms with E-state index in [9.17, 15) is 4.79 Å². The zero-order valence-electron chi connectivity index (χ0n) is 15.9. The normalized spacial score (nSPS) is 17.9. The van der Waals surface area contributed by atoms with Crippen LogP contribution in [0, 0.1) is 0 Å². The van der Waals surface area contributed by atoms with E-state index < -0.39 is 0 Å². The van der Waals surface area contributed by atoms with Crippen molar-refractivity contribution in [2.45, 2.75) is 62.2 Å². The molecule has 6 nitrogen and oxygen atoms in total. The van der Waals surface area contributed by atoms with Crippen molar-refractivity contribution >= 4 is 28.6 Å². The summed E-state index contributed by atoms with van der Waals surface area (Å²) in [6, 6.07) is 9.05. The number of benzene rings is 1. The Morgan fingerprint density at radius 2 is 1.96 bits per heavy atom. The van der Waals surface area contributed by atoms with Crippen LogP contribution in [0.1, 0.15) is 51.0 Å². The van der Waals surface area contributed by atoms with Gasteiger partial charge in [-0.15, -0.1) is 10.2 Å². The minimum absolute atomic E-state index is 0.107. The van der Waals surface area contributed by atoms with Crippen LogP contribution in [0.5, 0.6) is 0 Å². The number of aromatic amines is 1. The van der Waals surface area contributed by atoms with Crippen molar-refractivity contribution in [2.24, 2.45) is 0 Å². The highest BCUT2D eigenvalue weighted by molar-refractivity contribution is 7.99. The Labute approximate surface area is 168 Å². The van der Waals surface area contributed by atoms with Crippen molar-refractivity contribution in [3.8, 4) is 11.4 Å². The lowest BCUT2D eigenvalue weighted by atomic mass is 9.95. The average molecular weight is 396 g/mol. The molecule has 0 saturated heterocycles. The second-order valence-electron chi connectivity index (χ2n) is 7.85. The van der Waals surface area contributed by atoms with E-state index >= 15 is 0 Å². The molecule has 2 N–H and O–H groups in total. The molecule has 2 aromatic heterocycles. The summed E-state index contributed by atoms with van der Waals surface area (Å²) in [5.74, 6) is 1.40. The Kier molecular flexibility index (Phi) is 4.84. The zero-order chi connectivity index (χ0) is 18.9. The van der Waals surface area contributed by atoms with Gasteiger partial charge in [-0.05, 0) is 31.7 Å². The molecule has 2 saturated carbocycles. The molecule has 3 aromatic rings. The van der Waals surface area contributed by atoms with E-state index in [2.05, 4.69) is 37.2 Å². The van der Waals surface area contributed by atoms with Crippen LogP contribution < -0.4 is 5.32 Å². The molecule has 2 aliphatic carbocycles. The van der Waals surface area contributed by atoms with E-state index in [-0.39, 0.29) is 5.91 Å². The van der Waals surface area contributed by atoms with Gasteiger partial charge in [-0.3, -0.25) is 9.36 Å². The first kappa shape index (κ1) is 17.8. The molecule has 0 radical (unpaired) electrons. The van der Waals surface area contributed by atoms with Gasteiger partial charge in [0.1, 0.15) is 0 Å². The number of aromatic nitrogens is 4. The third kappa shape index (κ3) is 3.55. The van der Waals surface area contributed by atoms with Crippen LogP contribution in [-0.4, -0.2) is 37.5 Å². The highest BCUT2D eigenvalue weighted by Gasteiger charge is 2.31. The molecule has 0 spiro atoms. The lowest BCUT2D eigenvalue weighted by Crippen LogP contribution is -2.37. The number of amides is 1. The van der Waals surface area contributed by atoms with Crippen molar-refractivity contribution in [1.82, 2.24) is 25.1 Å². The van der Waals surface area contributed by atoms with Gasteiger partial charge in [0.15, 0.2) is 11.0 Å². The second kappa shape index (κ2) is 7.62. The molecule has 0 bridgehead atoms. The molecule has 5 rings (SSSR count). The number of hydrogen-bond donors (Lipinski definition) is 2. The number of nitrogens with one attached hydrogen (secondary N) is 2. The van der Waals surface area contributed by atoms with Crippen LogP contribution >= 0.6 is 11.8 Å². The van der Waals surface area contributed by atoms with Gasteiger partial charge in [-0.25, -0.2) is 0 Å². The van der Waals surface area contributed by atoms with Gasteiger partial charge in [-0.1, -0.05) is 49.2 Å². The summed E-state index contributed by atoms with van der Waals surface area (Å²) in [4.78, 5) is 15.7. The molecule has 28 heavy (non-hydrogen) atoms. The SMILES string of the molecule is O=C(CSc1nnc(-c2c[nH]c3ccccc23)n1C1CC1)NC1CCCCC1. The fourth-order valence-electron chi connectivity index (χ4n) is 4.12. The third-order valence-electron chi connectivity index (χ3n) is 5.71. The lowest BCUT2D eigenvalue weighted by molar-refractivity contribution is -0.119. The van der Waals surface area contributed by atoms with Gasteiger partial charge in [0.2, 0.25) is 5.91 Å². The van der Waals surface area contributed by atoms with Crippen molar-refractivity contribution in [2.75, 3.05) is 5.75 Å². The number of hydrogen-bond acceptors (Lipinski definition) is 4. The number of carbonyl (C=O) groups is 1. The minimum atomic E-state index is 0.107. The smallest absolute Gasteiger partial charge is 0.230 e. The summed E-state index contributed by atoms with van der Waals surface area (Å²) < 4.78 is 2.23. The van der Waals surface area contributed by atoms with E-state index in [0.29, 0.717) is 17.8 Å². The maximum Gasteiger partial charge on any atom is 0.230 e. The first-order chi connectivity index (χ1) is 13.8. The van der Waals surface area contributed by atoms with Gasteiger partial charge in [0.05, 0.1) is 5.75 Å². The Hall–Kier alpha value is -2.28. The van der Waals surface area contributed by atoms with Gasteiger partial charge in [0.25, 0.3) is 0 Å². The Morgan fingerprint density at radius 3 is 2.79 bits per heavy atom. The topological polar surface area (TPSA) is 75.6 Å². The standard InChI is InChI=1S/C21H25N5OS/c27-19(23-14-6-2-1-3-7-14)13-28-21-25-24-20(26(21)15-10-11-15)17-12-22-18-9-5-4-8-16(17)18/h4-5,8-9,12,14-15,22H,1-3,6-7,10-11,13H2,(H,23,27). The summed E-state index contributed by atoms with van der Waals surface area (Å²) in [7, 11) is 0. The number of carbonyl (C=O) groups excluding carboxylic acids is 1. The molecule has 0 unspecified atom stereocenters. The van der Waals surface area contributed by atoms with E-state index in [1.54, 1.807) is 0 Å². The second-order valence-corrected chi connectivity index (χ2v) is 8.79. The summed E-state index contributed by atoms with van der Waals surface area (Å²) in [6.07, 6.45) is 10.3. The quantitative estimate of drug-likeness (QED) is 0.610. The molecule has 2 heterocycles. The predicted octanol–water partition coefficient (Wildman–Crippen LogP) is 4.30. The molecule has 1 aromatic carbocycles. The molecular formula is C21H25N5OS. The van der Waals surface area contributed by atoms with Gasteiger partial charge in [0, 0.05) is 34.7 Å². The summed E-state index contributed by atoms with van der Waals surface area (Å²) >= 11 is 1.50. The number of para-hydroxylation sites is 1. The monoisotopic (exact) mass is 395 g/mol. The molecule has 0 atom stereocenters.